The topological polar surface area (TPSA) is 58.1 Å². The fourth-order valence-electron chi connectivity index (χ4n) is 2.85. The van der Waals surface area contributed by atoms with Gasteiger partial charge in [-0.25, -0.2) is 0 Å². The molecule has 3 rings (SSSR count). The maximum Gasteiger partial charge on any atom is 0.416 e. The molecule has 1 aromatic carbocycles. The number of nitriles is 1. The van der Waals surface area contributed by atoms with Gasteiger partial charge < -0.3 is 0 Å². The number of hydrogen-bond donors (Lipinski definition) is 0. The molecule has 0 spiro atoms. The van der Waals surface area contributed by atoms with Gasteiger partial charge in [0.15, 0.2) is 0 Å². The van der Waals surface area contributed by atoms with E-state index in [1.807, 2.05) is 6.07 Å². The highest BCUT2D eigenvalue weighted by atomic mass is 19.4. The van der Waals surface area contributed by atoms with Gasteiger partial charge in [0.1, 0.15) is 6.54 Å². The van der Waals surface area contributed by atoms with Crippen molar-refractivity contribution in [3.63, 3.8) is 0 Å². The standard InChI is InChI=1S/C17H12F3N3O/c1-10-13(2-3-16(24)23(10)5-4-21)14-7-12(17(18,19)20)6-11-8-22-9-15(11)14/h2-3,6-7,9H,5,8H2,1H3. The second kappa shape index (κ2) is 5.64. The highest BCUT2D eigenvalue weighted by molar-refractivity contribution is 5.94. The third-order valence-electron chi connectivity index (χ3n) is 4.05. The number of pyridine rings is 1. The minimum Gasteiger partial charge on any atom is -0.299 e. The third kappa shape index (κ3) is 2.60. The molecule has 122 valence electrons. The zero-order chi connectivity index (χ0) is 17.5. The van der Waals surface area contributed by atoms with Gasteiger partial charge in [-0.05, 0) is 36.2 Å². The number of benzene rings is 1. The largest absolute Gasteiger partial charge is 0.416 e. The van der Waals surface area contributed by atoms with E-state index in [1.54, 1.807) is 13.1 Å². The van der Waals surface area contributed by atoms with Crippen molar-refractivity contribution < 1.29 is 13.2 Å². The summed E-state index contributed by atoms with van der Waals surface area (Å²) >= 11 is 0. The van der Waals surface area contributed by atoms with Crippen LogP contribution in [0, 0.1) is 18.3 Å². The highest BCUT2D eigenvalue weighted by Crippen LogP contribution is 2.37. The quantitative estimate of drug-likeness (QED) is 0.848. The molecule has 0 unspecified atom stereocenters. The zero-order valence-electron chi connectivity index (χ0n) is 12.7. The number of halogens is 3. The molecule has 0 atom stereocenters. The Hall–Kier alpha value is -2.88. The number of fused-ring (bicyclic) bond motifs is 1. The van der Waals surface area contributed by atoms with Gasteiger partial charge >= 0.3 is 6.18 Å². The summed E-state index contributed by atoms with van der Waals surface area (Å²) < 4.78 is 40.8. The molecule has 1 aromatic heterocycles. The van der Waals surface area contributed by atoms with Gasteiger partial charge in [0.05, 0.1) is 18.2 Å². The maximum absolute atomic E-state index is 13.2. The van der Waals surface area contributed by atoms with Gasteiger partial charge in [-0.1, -0.05) is 0 Å². The molecule has 0 aliphatic carbocycles. The molecule has 0 saturated carbocycles. The van der Waals surface area contributed by atoms with Crippen LogP contribution < -0.4 is 5.56 Å². The number of rotatable bonds is 2. The van der Waals surface area contributed by atoms with Crippen LogP contribution in [0.2, 0.25) is 0 Å². The van der Waals surface area contributed by atoms with Crippen molar-refractivity contribution in [3.05, 3.63) is 57.0 Å². The van der Waals surface area contributed by atoms with E-state index in [-0.39, 0.29) is 18.6 Å². The van der Waals surface area contributed by atoms with E-state index in [2.05, 4.69) is 4.99 Å². The van der Waals surface area contributed by atoms with Crippen LogP contribution in [0.4, 0.5) is 13.2 Å². The molecular weight excluding hydrogens is 319 g/mol. The Bertz CT molecular complexity index is 949. The average Bonchev–Trinajstić information content (AvgIpc) is 2.98. The van der Waals surface area contributed by atoms with E-state index >= 15 is 0 Å². The summed E-state index contributed by atoms with van der Waals surface area (Å²) in [4.78, 5) is 15.9. The number of alkyl halides is 3. The van der Waals surface area contributed by atoms with E-state index in [9.17, 15) is 18.0 Å². The molecule has 0 radical (unpaired) electrons. The van der Waals surface area contributed by atoms with Crippen LogP contribution >= 0.6 is 0 Å². The lowest BCUT2D eigenvalue weighted by molar-refractivity contribution is -0.137. The molecule has 1 aliphatic heterocycles. The number of aromatic nitrogens is 1. The Morgan fingerprint density at radius 1 is 1.29 bits per heavy atom. The molecule has 7 heteroatoms. The molecule has 0 amide bonds. The first-order valence-electron chi connectivity index (χ1n) is 7.14. The summed E-state index contributed by atoms with van der Waals surface area (Å²) in [6.07, 6.45) is -2.93. The molecule has 24 heavy (non-hydrogen) atoms. The van der Waals surface area contributed by atoms with Gasteiger partial charge in [0, 0.05) is 29.1 Å². The second-order valence-electron chi connectivity index (χ2n) is 5.48. The van der Waals surface area contributed by atoms with Gasteiger partial charge in [0.25, 0.3) is 5.56 Å². The minimum atomic E-state index is -4.47. The predicted octanol–water partition coefficient (Wildman–Crippen LogP) is 3.30. The SMILES string of the molecule is Cc1c(-c2cc(C(F)(F)F)cc3c2C=NC3)ccc(=O)n1CC#N. The van der Waals surface area contributed by atoms with E-state index < -0.39 is 11.7 Å². The molecule has 2 heterocycles. The Morgan fingerprint density at radius 3 is 2.71 bits per heavy atom. The first kappa shape index (κ1) is 16.0. The Morgan fingerprint density at radius 2 is 2.04 bits per heavy atom. The maximum atomic E-state index is 13.2. The molecule has 2 aromatic rings. The first-order valence-corrected chi connectivity index (χ1v) is 7.14. The lowest BCUT2D eigenvalue weighted by Gasteiger charge is -2.16. The fourth-order valence-corrected chi connectivity index (χ4v) is 2.85. The van der Waals surface area contributed by atoms with Crippen LogP contribution in [0.3, 0.4) is 0 Å². The summed E-state index contributed by atoms with van der Waals surface area (Å²) in [7, 11) is 0. The Labute approximate surface area is 135 Å². The van der Waals surface area contributed by atoms with Crippen LogP contribution in [0.15, 0.2) is 34.1 Å². The summed E-state index contributed by atoms with van der Waals surface area (Å²) in [5.74, 6) is 0. The van der Waals surface area contributed by atoms with Crippen molar-refractivity contribution in [1.82, 2.24) is 4.57 Å². The summed E-state index contributed by atoms with van der Waals surface area (Å²) in [6, 6.07) is 6.82. The van der Waals surface area contributed by atoms with Crippen molar-refractivity contribution in [3.8, 4) is 17.2 Å². The molecule has 4 nitrogen and oxygen atoms in total. The molecule has 1 aliphatic rings. The number of aliphatic imine (C=N–C) groups is 1. The van der Waals surface area contributed by atoms with Gasteiger partial charge in [0.2, 0.25) is 0 Å². The average molecular weight is 331 g/mol. The molecule has 0 N–H and O–H groups in total. The van der Waals surface area contributed by atoms with Crippen LogP contribution in [0.25, 0.3) is 11.1 Å². The summed E-state index contributed by atoms with van der Waals surface area (Å²) in [5.41, 5.74) is 1.30. The Kier molecular flexibility index (Phi) is 3.76. The fraction of sp³-hybridized carbons (Fsp3) is 0.235. The van der Waals surface area contributed by atoms with Crippen molar-refractivity contribution in [2.24, 2.45) is 4.99 Å². The van der Waals surface area contributed by atoms with Crippen LogP contribution in [0.1, 0.15) is 22.4 Å². The first-order chi connectivity index (χ1) is 11.3. The highest BCUT2D eigenvalue weighted by Gasteiger charge is 2.33. The predicted molar refractivity (Wildman–Crippen MR) is 82.8 cm³/mol. The second-order valence-corrected chi connectivity index (χ2v) is 5.48. The number of nitrogens with zero attached hydrogens (tertiary/aromatic N) is 3. The van der Waals surface area contributed by atoms with E-state index in [1.165, 1.54) is 16.7 Å². The lowest BCUT2D eigenvalue weighted by atomic mass is 9.93. The third-order valence-corrected chi connectivity index (χ3v) is 4.05. The Balaban J connectivity index is 2.29. The number of hydrogen-bond acceptors (Lipinski definition) is 3. The van der Waals surface area contributed by atoms with E-state index in [0.29, 0.717) is 27.9 Å². The van der Waals surface area contributed by atoms with Crippen molar-refractivity contribution in [2.75, 3.05) is 0 Å². The molecular formula is C17H12F3N3O. The van der Waals surface area contributed by atoms with Gasteiger partial charge in [-0.3, -0.25) is 14.4 Å². The minimum absolute atomic E-state index is 0.159. The zero-order valence-corrected chi connectivity index (χ0v) is 12.7. The molecule has 0 fully saturated rings. The van der Waals surface area contributed by atoms with Crippen molar-refractivity contribution >= 4 is 6.21 Å². The van der Waals surface area contributed by atoms with Gasteiger partial charge in [-0.15, -0.1) is 0 Å². The van der Waals surface area contributed by atoms with Crippen LogP contribution in [0.5, 0.6) is 0 Å². The van der Waals surface area contributed by atoms with Crippen LogP contribution in [-0.4, -0.2) is 10.8 Å². The smallest absolute Gasteiger partial charge is 0.299 e. The summed E-state index contributed by atoms with van der Waals surface area (Å²) in [6.45, 7) is 1.66. The molecule has 0 bridgehead atoms. The lowest BCUT2D eigenvalue weighted by Crippen LogP contribution is -2.21. The van der Waals surface area contributed by atoms with E-state index in [4.69, 9.17) is 5.26 Å². The summed E-state index contributed by atoms with van der Waals surface area (Å²) in [5, 5.41) is 8.86. The van der Waals surface area contributed by atoms with Crippen LogP contribution in [-0.2, 0) is 19.3 Å². The monoisotopic (exact) mass is 331 g/mol. The normalized spacial score (nSPS) is 13.0. The van der Waals surface area contributed by atoms with Crippen molar-refractivity contribution in [2.45, 2.75) is 26.2 Å². The van der Waals surface area contributed by atoms with Gasteiger partial charge in [-0.2, -0.15) is 18.4 Å². The van der Waals surface area contributed by atoms with E-state index in [0.717, 1.165) is 12.1 Å². The van der Waals surface area contributed by atoms with Crippen molar-refractivity contribution in [1.29, 1.82) is 5.26 Å². The molecule has 0 saturated heterocycles.